The van der Waals surface area contributed by atoms with E-state index in [0.29, 0.717) is 13.2 Å². The van der Waals surface area contributed by atoms with Crippen molar-refractivity contribution >= 4 is 16.5 Å². The first kappa shape index (κ1) is 18.5. The smallest absolute Gasteiger partial charge is 0.134 e. The molecule has 0 aliphatic rings. The van der Waals surface area contributed by atoms with Crippen molar-refractivity contribution in [3.8, 4) is 0 Å². The Bertz CT molecular complexity index is 527. The number of rotatable bonds is 6. The summed E-state index contributed by atoms with van der Waals surface area (Å²) in [6, 6.07) is 19.2. The summed E-state index contributed by atoms with van der Waals surface area (Å²) in [4.78, 5) is 14.2. The Balaban J connectivity index is 0.000000541. The Labute approximate surface area is 130 Å². The highest BCUT2D eigenvalue weighted by molar-refractivity contribution is 7.33. The van der Waals surface area contributed by atoms with Gasteiger partial charge in [0, 0.05) is 9.13 Å². The highest BCUT2D eigenvalue weighted by Crippen LogP contribution is 2.27. The van der Waals surface area contributed by atoms with Crippen LogP contribution in [-0.4, -0.2) is 9.79 Å². The molecule has 0 amide bonds. The summed E-state index contributed by atoms with van der Waals surface area (Å²) < 4.78 is 30.5. The van der Waals surface area contributed by atoms with E-state index in [1.165, 1.54) is 0 Å². The van der Waals surface area contributed by atoms with Crippen molar-refractivity contribution < 1.29 is 28.0 Å². The molecule has 0 unspecified atom stereocenters. The topological polar surface area (TPSA) is 93.1 Å². The van der Waals surface area contributed by atoms with Gasteiger partial charge in [-0.3, -0.25) is 0 Å². The molecule has 0 radical (unpaired) electrons. The van der Waals surface area contributed by atoms with E-state index in [1.807, 2.05) is 60.7 Å². The van der Waals surface area contributed by atoms with Gasteiger partial charge in [0.1, 0.15) is 13.2 Å². The zero-order valence-corrected chi connectivity index (χ0v) is 13.4. The van der Waals surface area contributed by atoms with Crippen LogP contribution in [-0.2, 0) is 31.4 Å². The van der Waals surface area contributed by atoms with Crippen LogP contribution < -0.4 is 0 Å². The van der Waals surface area contributed by atoms with Gasteiger partial charge >= 0.3 is 16.5 Å². The minimum atomic E-state index is -2.87. The fourth-order valence-corrected chi connectivity index (χ4v) is 2.02. The third-order valence-corrected chi connectivity index (χ3v) is 3.04. The van der Waals surface area contributed by atoms with Crippen molar-refractivity contribution in [1.82, 2.24) is 0 Å². The lowest BCUT2D eigenvalue weighted by Gasteiger charge is -1.95. The Morgan fingerprint density at radius 1 is 0.727 bits per heavy atom. The molecular formula is C14H16O6P2+2. The zero-order valence-electron chi connectivity index (χ0n) is 11.6. The van der Waals surface area contributed by atoms with E-state index in [-0.39, 0.29) is 0 Å². The molecule has 2 N–H and O–H groups in total. The molecule has 6 nitrogen and oxygen atoms in total. The predicted molar refractivity (Wildman–Crippen MR) is 82.1 cm³/mol. The molecular weight excluding hydrogens is 326 g/mol. The third-order valence-electron chi connectivity index (χ3n) is 2.36. The Morgan fingerprint density at radius 2 is 1.05 bits per heavy atom. The number of hydrogen-bond donors (Lipinski definition) is 2. The van der Waals surface area contributed by atoms with Crippen LogP contribution in [0.4, 0.5) is 0 Å². The van der Waals surface area contributed by atoms with Gasteiger partial charge in [-0.15, -0.1) is 18.8 Å². The predicted octanol–water partition coefficient (Wildman–Crippen LogP) is 3.71. The Morgan fingerprint density at radius 3 is 1.36 bits per heavy atom. The summed E-state index contributed by atoms with van der Waals surface area (Å²) in [6.07, 6.45) is 0. The molecule has 2 rings (SSSR count). The van der Waals surface area contributed by atoms with Crippen LogP contribution in [0.1, 0.15) is 11.1 Å². The van der Waals surface area contributed by atoms with Crippen molar-refractivity contribution in [2.75, 3.05) is 0 Å². The minimum Gasteiger partial charge on any atom is -0.134 e. The van der Waals surface area contributed by atoms with Crippen LogP contribution in [0.3, 0.4) is 0 Å². The van der Waals surface area contributed by atoms with Gasteiger partial charge in [0.15, 0.2) is 0 Å². The molecule has 0 bridgehead atoms. The van der Waals surface area contributed by atoms with E-state index in [4.69, 9.17) is 23.4 Å². The second kappa shape index (κ2) is 11.1. The molecule has 2 aromatic carbocycles. The fourth-order valence-electron chi connectivity index (χ4n) is 1.44. The molecule has 2 aromatic rings. The molecule has 0 aliphatic carbocycles. The summed E-state index contributed by atoms with van der Waals surface area (Å²) in [6.45, 7) is 0.593. The van der Waals surface area contributed by atoms with Gasteiger partial charge in [-0.1, -0.05) is 60.7 Å². The quantitative estimate of drug-likeness (QED) is 0.778. The average Bonchev–Trinajstić information content (AvgIpc) is 2.52. The molecule has 0 fully saturated rings. The first-order chi connectivity index (χ1) is 10.6. The molecule has 0 atom stereocenters. The van der Waals surface area contributed by atoms with Crippen molar-refractivity contribution in [1.29, 1.82) is 0 Å². The maximum Gasteiger partial charge on any atom is 0.698 e. The van der Waals surface area contributed by atoms with Gasteiger partial charge in [-0.2, -0.15) is 0 Å². The van der Waals surface area contributed by atoms with Crippen LogP contribution in [0.15, 0.2) is 60.7 Å². The Kier molecular flexibility index (Phi) is 9.35. The second-order valence-electron chi connectivity index (χ2n) is 3.99. The van der Waals surface area contributed by atoms with Crippen LogP contribution in [0.5, 0.6) is 0 Å². The molecule has 0 saturated heterocycles. The zero-order chi connectivity index (χ0) is 16.2. The standard InChI is InChI=1S/C14H14O3P.HO3P/c15-18(16-11-13-7-3-1-4-8-13)17-12-14-9-5-2-6-10-14;1-4(2)3/h1-10H,11-12H2;(H-,1,2,3)/q+1;/p+1. The van der Waals surface area contributed by atoms with Gasteiger partial charge in [0.25, 0.3) is 0 Å². The summed E-state index contributed by atoms with van der Waals surface area (Å²) in [5, 5.41) is 0. The van der Waals surface area contributed by atoms with Gasteiger partial charge < -0.3 is 0 Å². The van der Waals surface area contributed by atoms with E-state index in [2.05, 4.69) is 0 Å². The molecule has 22 heavy (non-hydrogen) atoms. The molecule has 0 spiro atoms. The molecule has 0 aromatic heterocycles. The second-order valence-corrected chi connectivity index (χ2v) is 5.46. The highest BCUT2D eigenvalue weighted by atomic mass is 31.1. The van der Waals surface area contributed by atoms with Gasteiger partial charge in [-0.25, -0.2) is 0 Å². The maximum absolute atomic E-state index is 11.5. The summed E-state index contributed by atoms with van der Waals surface area (Å²) >= 11 is 0. The van der Waals surface area contributed by atoms with E-state index >= 15 is 0 Å². The lowest BCUT2D eigenvalue weighted by Crippen LogP contribution is -1.89. The fraction of sp³-hybridized carbons (Fsp3) is 0.143. The van der Waals surface area contributed by atoms with Gasteiger partial charge in [0.2, 0.25) is 0 Å². The maximum atomic E-state index is 11.5. The number of hydrogen-bond acceptors (Lipinski definition) is 4. The number of benzene rings is 2. The van der Waals surface area contributed by atoms with Crippen molar-refractivity contribution in [2.45, 2.75) is 13.2 Å². The molecule has 116 valence electrons. The lowest BCUT2D eigenvalue weighted by molar-refractivity contribution is 0.213. The molecule has 0 aliphatic heterocycles. The Hall–Kier alpha value is -1.52. The third kappa shape index (κ3) is 9.42. The molecule has 0 heterocycles. The van der Waals surface area contributed by atoms with E-state index in [9.17, 15) is 4.57 Å². The average molecular weight is 342 g/mol. The summed E-state index contributed by atoms with van der Waals surface area (Å²) in [5.41, 5.74) is 1.95. The van der Waals surface area contributed by atoms with Gasteiger partial charge in [-0.05, 0) is 11.1 Å². The SMILES string of the molecule is O=[P+](O)O.O=[P+](OCc1ccccc1)OCc1ccccc1. The van der Waals surface area contributed by atoms with E-state index in [1.54, 1.807) is 0 Å². The van der Waals surface area contributed by atoms with Crippen LogP contribution in [0, 0.1) is 0 Å². The summed E-state index contributed by atoms with van der Waals surface area (Å²) in [7, 11) is -4.95. The lowest BCUT2D eigenvalue weighted by atomic mass is 10.2. The monoisotopic (exact) mass is 342 g/mol. The van der Waals surface area contributed by atoms with Crippen molar-refractivity contribution in [3.63, 3.8) is 0 Å². The summed E-state index contributed by atoms with van der Waals surface area (Å²) in [5.74, 6) is 0. The van der Waals surface area contributed by atoms with E-state index in [0.717, 1.165) is 11.1 Å². The van der Waals surface area contributed by atoms with Crippen LogP contribution in [0.25, 0.3) is 0 Å². The molecule has 8 heteroatoms. The first-order valence-corrected chi connectivity index (χ1v) is 8.50. The highest BCUT2D eigenvalue weighted by Gasteiger charge is 2.20. The van der Waals surface area contributed by atoms with E-state index < -0.39 is 16.5 Å². The van der Waals surface area contributed by atoms with Gasteiger partial charge in [0.05, 0.1) is 0 Å². The van der Waals surface area contributed by atoms with Crippen LogP contribution >= 0.6 is 16.5 Å². The minimum absolute atomic E-state index is 0.296. The largest absolute Gasteiger partial charge is 0.698 e. The first-order valence-electron chi connectivity index (χ1n) is 6.24. The normalized spacial score (nSPS) is 9.55. The molecule has 0 saturated carbocycles. The van der Waals surface area contributed by atoms with Crippen molar-refractivity contribution in [3.05, 3.63) is 71.8 Å². The van der Waals surface area contributed by atoms with Crippen molar-refractivity contribution in [2.24, 2.45) is 0 Å². The van der Waals surface area contributed by atoms with Crippen LogP contribution in [0.2, 0.25) is 0 Å².